The number of methoxy groups -OCH3 is 1. The molecule has 0 fully saturated rings. The van der Waals surface area contributed by atoms with Gasteiger partial charge in [-0.05, 0) is 61.6 Å². The Bertz CT molecular complexity index is 839. The van der Waals surface area contributed by atoms with Gasteiger partial charge >= 0.3 is 5.97 Å². The smallest absolute Gasteiger partial charge is 0.337 e. The molecule has 3 nitrogen and oxygen atoms in total. The van der Waals surface area contributed by atoms with Gasteiger partial charge in [-0.1, -0.05) is 23.8 Å². The second-order valence-electron chi connectivity index (χ2n) is 7.62. The lowest BCUT2D eigenvalue weighted by Gasteiger charge is -2.38. The van der Waals surface area contributed by atoms with Crippen LogP contribution in [0.25, 0.3) is 6.08 Å². The molecule has 2 aliphatic carbocycles. The van der Waals surface area contributed by atoms with Crippen molar-refractivity contribution in [2.24, 2.45) is 0 Å². The van der Waals surface area contributed by atoms with Crippen LogP contribution in [0, 0.1) is 0 Å². The molecule has 0 aromatic heterocycles. The molecule has 1 aromatic carbocycles. The highest BCUT2D eigenvalue weighted by Gasteiger charge is 2.35. The van der Waals surface area contributed by atoms with Crippen molar-refractivity contribution in [3.63, 3.8) is 0 Å². The SMILES string of the molecule is COC(=O)c1ccc2c(c1)C=C1CC3=C(CC12)C(C)=CC(C)(C)N3. The quantitative estimate of drug-likeness (QED) is 0.782. The third-order valence-electron chi connectivity index (χ3n) is 5.35. The van der Waals surface area contributed by atoms with Gasteiger partial charge in [0.05, 0.1) is 18.2 Å². The minimum atomic E-state index is -0.273. The highest BCUT2D eigenvalue weighted by atomic mass is 16.5. The van der Waals surface area contributed by atoms with Gasteiger partial charge in [0.1, 0.15) is 0 Å². The summed E-state index contributed by atoms with van der Waals surface area (Å²) in [6.07, 6.45) is 6.60. The van der Waals surface area contributed by atoms with E-state index < -0.39 is 0 Å². The van der Waals surface area contributed by atoms with E-state index in [-0.39, 0.29) is 11.5 Å². The molecule has 1 heterocycles. The van der Waals surface area contributed by atoms with Crippen molar-refractivity contribution in [3.05, 3.63) is 63.4 Å². The zero-order valence-electron chi connectivity index (χ0n) is 14.7. The van der Waals surface area contributed by atoms with Crippen LogP contribution in [0.1, 0.15) is 61.0 Å². The number of dihydropyridines is 1. The van der Waals surface area contributed by atoms with E-state index in [1.807, 2.05) is 12.1 Å². The minimum absolute atomic E-state index is 0.0137. The normalized spacial score (nSPS) is 23.4. The summed E-state index contributed by atoms with van der Waals surface area (Å²) in [5.74, 6) is 0.169. The fraction of sp³-hybridized carbons (Fsp3) is 0.381. The first-order chi connectivity index (χ1) is 11.4. The molecule has 1 unspecified atom stereocenters. The molecule has 4 rings (SSSR count). The van der Waals surface area contributed by atoms with E-state index in [4.69, 9.17) is 4.74 Å². The molecule has 0 bridgehead atoms. The van der Waals surface area contributed by atoms with Crippen LogP contribution in [-0.4, -0.2) is 18.6 Å². The van der Waals surface area contributed by atoms with E-state index in [0.29, 0.717) is 11.5 Å². The predicted octanol–water partition coefficient (Wildman–Crippen LogP) is 4.33. The molecule has 3 aliphatic rings. The van der Waals surface area contributed by atoms with Crippen molar-refractivity contribution < 1.29 is 9.53 Å². The Morgan fingerprint density at radius 2 is 2.12 bits per heavy atom. The molecule has 0 radical (unpaired) electrons. The van der Waals surface area contributed by atoms with Crippen LogP contribution in [0.5, 0.6) is 0 Å². The lowest BCUT2D eigenvalue weighted by molar-refractivity contribution is 0.0600. The first-order valence-electron chi connectivity index (χ1n) is 8.51. The number of rotatable bonds is 1. The van der Waals surface area contributed by atoms with E-state index in [9.17, 15) is 4.79 Å². The van der Waals surface area contributed by atoms with Crippen molar-refractivity contribution in [3.8, 4) is 0 Å². The van der Waals surface area contributed by atoms with Gasteiger partial charge in [-0.25, -0.2) is 4.79 Å². The summed E-state index contributed by atoms with van der Waals surface area (Å²) >= 11 is 0. The lowest BCUT2D eigenvalue weighted by Crippen LogP contribution is -2.41. The van der Waals surface area contributed by atoms with E-state index in [0.717, 1.165) is 12.8 Å². The molecule has 0 saturated heterocycles. The molecule has 1 aromatic rings. The number of allylic oxidation sites excluding steroid dienone is 3. The number of carbonyl (C=O) groups is 1. The van der Waals surface area contributed by atoms with Crippen LogP contribution in [0.3, 0.4) is 0 Å². The van der Waals surface area contributed by atoms with Gasteiger partial charge in [0.25, 0.3) is 0 Å². The Morgan fingerprint density at radius 3 is 2.88 bits per heavy atom. The second kappa shape index (κ2) is 5.10. The summed E-state index contributed by atoms with van der Waals surface area (Å²) in [7, 11) is 1.42. The van der Waals surface area contributed by atoms with Crippen LogP contribution < -0.4 is 5.32 Å². The van der Waals surface area contributed by atoms with Crippen LogP contribution in [0.15, 0.2) is 46.7 Å². The molecule has 24 heavy (non-hydrogen) atoms. The summed E-state index contributed by atoms with van der Waals surface area (Å²) < 4.78 is 4.84. The minimum Gasteiger partial charge on any atom is -0.465 e. The summed E-state index contributed by atoms with van der Waals surface area (Å²) in [5.41, 5.74) is 8.81. The number of carbonyl (C=O) groups excluding carboxylic acids is 1. The van der Waals surface area contributed by atoms with E-state index in [1.54, 1.807) is 0 Å². The Morgan fingerprint density at radius 1 is 1.33 bits per heavy atom. The lowest BCUT2D eigenvalue weighted by atomic mass is 9.76. The van der Waals surface area contributed by atoms with Crippen LogP contribution in [-0.2, 0) is 4.74 Å². The average molecular weight is 321 g/mol. The summed E-state index contributed by atoms with van der Waals surface area (Å²) in [6, 6.07) is 5.95. The molecule has 124 valence electrons. The fourth-order valence-corrected chi connectivity index (χ4v) is 4.39. The molecule has 0 spiro atoms. The van der Waals surface area contributed by atoms with Crippen molar-refractivity contribution in [1.82, 2.24) is 5.32 Å². The van der Waals surface area contributed by atoms with E-state index >= 15 is 0 Å². The van der Waals surface area contributed by atoms with Gasteiger partial charge in [-0.3, -0.25) is 0 Å². The summed E-state index contributed by atoms with van der Waals surface area (Å²) in [6.45, 7) is 6.66. The molecular weight excluding hydrogens is 298 g/mol. The Balaban J connectivity index is 1.70. The standard InChI is InChI=1S/C21H23NO2/c1-12-11-21(2,3)22-19-9-15-8-14-7-13(20(23)24-4)5-6-16(14)18(15)10-17(12)19/h5-8,11,18,22H,9-10H2,1-4H3. The first kappa shape index (κ1) is 15.3. The molecule has 1 N–H and O–H groups in total. The number of nitrogens with one attached hydrogen (secondary N) is 1. The van der Waals surface area contributed by atoms with Gasteiger partial charge in [0.2, 0.25) is 0 Å². The van der Waals surface area contributed by atoms with Crippen molar-refractivity contribution >= 4 is 12.0 Å². The molecule has 3 heteroatoms. The maximum atomic E-state index is 11.8. The van der Waals surface area contributed by atoms with Crippen molar-refractivity contribution in [2.45, 2.75) is 45.1 Å². The maximum Gasteiger partial charge on any atom is 0.337 e. The first-order valence-corrected chi connectivity index (χ1v) is 8.51. The fourth-order valence-electron chi connectivity index (χ4n) is 4.39. The topological polar surface area (TPSA) is 38.3 Å². The third kappa shape index (κ3) is 2.31. The Labute approximate surface area is 143 Å². The number of esters is 1. The van der Waals surface area contributed by atoms with Crippen molar-refractivity contribution in [2.75, 3.05) is 7.11 Å². The maximum absolute atomic E-state index is 11.8. The zero-order chi connectivity index (χ0) is 17.1. The highest BCUT2D eigenvalue weighted by molar-refractivity contribution is 5.91. The Hall–Kier alpha value is -2.29. The summed E-state index contributed by atoms with van der Waals surface area (Å²) in [5, 5.41) is 3.69. The van der Waals surface area contributed by atoms with Crippen LogP contribution in [0.4, 0.5) is 0 Å². The molecule has 1 atom stereocenters. The molecular formula is C21H23NO2. The van der Waals surface area contributed by atoms with Crippen molar-refractivity contribution in [1.29, 1.82) is 0 Å². The largest absolute Gasteiger partial charge is 0.465 e. The Kier molecular flexibility index (Phi) is 3.24. The van der Waals surface area contributed by atoms with Crippen LogP contribution in [0.2, 0.25) is 0 Å². The molecule has 0 saturated carbocycles. The number of fused-ring (bicyclic) bond motifs is 3. The predicted molar refractivity (Wildman–Crippen MR) is 95.7 cm³/mol. The highest BCUT2D eigenvalue weighted by Crippen LogP contribution is 2.49. The second-order valence-corrected chi connectivity index (χ2v) is 7.62. The van der Waals surface area contributed by atoms with Gasteiger partial charge in [0.15, 0.2) is 0 Å². The van der Waals surface area contributed by atoms with Gasteiger partial charge in [-0.15, -0.1) is 0 Å². The summed E-state index contributed by atoms with van der Waals surface area (Å²) in [4.78, 5) is 11.8. The van der Waals surface area contributed by atoms with E-state index in [1.165, 1.54) is 40.7 Å². The van der Waals surface area contributed by atoms with Gasteiger partial charge < -0.3 is 10.1 Å². The molecule has 0 amide bonds. The van der Waals surface area contributed by atoms with Gasteiger partial charge in [0, 0.05) is 18.0 Å². The van der Waals surface area contributed by atoms with Gasteiger partial charge in [-0.2, -0.15) is 0 Å². The van der Waals surface area contributed by atoms with E-state index in [2.05, 4.69) is 44.3 Å². The number of benzene rings is 1. The monoisotopic (exact) mass is 321 g/mol. The number of ether oxygens (including phenoxy) is 1. The average Bonchev–Trinajstić information content (AvgIpc) is 2.87. The molecule has 1 aliphatic heterocycles. The number of hydrogen-bond acceptors (Lipinski definition) is 3. The number of hydrogen-bond donors (Lipinski definition) is 1. The zero-order valence-corrected chi connectivity index (χ0v) is 14.7. The third-order valence-corrected chi connectivity index (χ3v) is 5.35. The van der Waals surface area contributed by atoms with Crippen LogP contribution >= 0.6 is 0 Å².